The van der Waals surface area contributed by atoms with E-state index in [1.165, 1.54) is 0 Å². The number of fused-ring (bicyclic) bond motifs is 3. The number of benzene rings is 2. The summed E-state index contributed by atoms with van der Waals surface area (Å²) in [7, 11) is 3.62. The van der Waals surface area contributed by atoms with Gasteiger partial charge in [0.25, 0.3) is 5.91 Å². The lowest BCUT2D eigenvalue weighted by atomic mass is 10.1. The second kappa shape index (κ2) is 7.45. The summed E-state index contributed by atoms with van der Waals surface area (Å²) >= 11 is 0. The van der Waals surface area contributed by atoms with Gasteiger partial charge < -0.3 is 19.5 Å². The number of aromatic nitrogens is 1. The average Bonchev–Trinajstić information content (AvgIpc) is 3.02. The summed E-state index contributed by atoms with van der Waals surface area (Å²) in [6, 6.07) is 16.3. The van der Waals surface area contributed by atoms with Crippen LogP contribution in [0.15, 0.2) is 48.5 Å². The van der Waals surface area contributed by atoms with Gasteiger partial charge in [-0.15, -0.1) is 0 Å². The first-order valence-electron chi connectivity index (χ1n) is 9.40. The average molecular weight is 363 g/mol. The fourth-order valence-electron chi connectivity index (χ4n) is 3.94. The Morgan fingerprint density at radius 2 is 1.93 bits per heavy atom. The topological polar surface area (TPSA) is 46.5 Å². The first-order chi connectivity index (χ1) is 13.2. The van der Waals surface area contributed by atoms with Crippen LogP contribution in [0.2, 0.25) is 0 Å². The Balaban J connectivity index is 1.77. The third-order valence-corrected chi connectivity index (χ3v) is 5.30. The SMILES string of the molecule is CNCCc1c2n(c3ccc(OC)cc13)CCN(Cc1ccccc1)C2=O. The molecule has 1 aromatic heterocycles. The van der Waals surface area contributed by atoms with Gasteiger partial charge in [-0.3, -0.25) is 4.79 Å². The van der Waals surface area contributed by atoms with E-state index in [-0.39, 0.29) is 5.91 Å². The Kier molecular flexibility index (Phi) is 4.86. The molecule has 0 radical (unpaired) electrons. The van der Waals surface area contributed by atoms with Crippen molar-refractivity contribution < 1.29 is 9.53 Å². The summed E-state index contributed by atoms with van der Waals surface area (Å²) < 4.78 is 7.60. The molecular weight excluding hydrogens is 338 g/mol. The molecule has 140 valence electrons. The molecular formula is C22H25N3O2. The smallest absolute Gasteiger partial charge is 0.271 e. The summed E-state index contributed by atoms with van der Waals surface area (Å²) in [6.07, 6.45) is 0.813. The molecule has 0 spiro atoms. The second-order valence-electron chi connectivity index (χ2n) is 6.93. The van der Waals surface area contributed by atoms with Crippen molar-refractivity contribution >= 4 is 16.8 Å². The minimum Gasteiger partial charge on any atom is -0.497 e. The van der Waals surface area contributed by atoms with E-state index < -0.39 is 0 Å². The Labute approximate surface area is 159 Å². The van der Waals surface area contributed by atoms with Crippen molar-refractivity contribution in [3.63, 3.8) is 0 Å². The van der Waals surface area contributed by atoms with Crippen molar-refractivity contribution in [1.82, 2.24) is 14.8 Å². The summed E-state index contributed by atoms with van der Waals surface area (Å²) in [6.45, 7) is 3.02. The van der Waals surface area contributed by atoms with Crippen molar-refractivity contribution in [2.45, 2.75) is 19.5 Å². The number of nitrogens with zero attached hydrogens (tertiary/aromatic N) is 2. The predicted molar refractivity (Wildman–Crippen MR) is 107 cm³/mol. The first kappa shape index (κ1) is 17.6. The van der Waals surface area contributed by atoms with Gasteiger partial charge in [0.1, 0.15) is 11.4 Å². The van der Waals surface area contributed by atoms with E-state index in [0.717, 1.165) is 59.5 Å². The molecule has 5 nitrogen and oxygen atoms in total. The van der Waals surface area contributed by atoms with E-state index in [4.69, 9.17) is 4.74 Å². The van der Waals surface area contributed by atoms with Crippen molar-refractivity contribution in [3.05, 3.63) is 65.4 Å². The molecule has 1 aliphatic heterocycles. The van der Waals surface area contributed by atoms with E-state index in [9.17, 15) is 4.79 Å². The van der Waals surface area contributed by atoms with Crippen LogP contribution in [0, 0.1) is 0 Å². The van der Waals surface area contributed by atoms with Gasteiger partial charge in [0.05, 0.1) is 7.11 Å². The van der Waals surface area contributed by atoms with Gasteiger partial charge >= 0.3 is 0 Å². The molecule has 0 bridgehead atoms. The van der Waals surface area contributed by atoms with Crippen LogP contribution in [0.25, 0.3) is 10.9 Å². The number of carbonyl (C=O) groups is 1. The van der Waals surface area contributed by atoms with Crippen LogP contribution in [0.1, 0.15) is 21.6 Å². The van der Waals surface area contributed by atoms with E-state index in [1.807, 2.05) is 36.2 Å². The summed E-state index contributed by atoms with van der Waals surface area (Å²) in [5, 5.41) is 4.33. The van der Waals surface area contributed by atoms with Gasteiger partial charge in [0.15, 0.2) is 0 Å². The Morgan fingerprint density at radius 1 is 1.11 bits per heavy atom. The monoisotopic (exact) mass is 363 g/mol. The number of methoxy groups -OCH3 is 1. The molecule has 0 aliphatic carbocycles. The lowest BCUT2D eigenvalue weighted by Crippen LogP contribution is -2.40. The molecule has 5 heteroatoms. The van der Waals surface area contributed by atoms with Crippen molar-refractivity contribution in [3.8, 4) is 5.75 Å². The molecule has 0 unspecified atom stereocenters. The van der Waals surface area contributed by atoms with E-state index in [2.05, 4.69) is 34.1 Å². The summed E-state index contributed by atoms with van der Waals surface area (Å²) in [5.74, 6) is 0.941. The summed E-state index contributed by atoms with van der Waals surface area (Å²) in [4.78, 5) is 15.3. The fraction of sp³-hybridized carbons (Fsp3) is 0.318. The Hall–Kier alpha value is -2.79. The van der Waals surface area contributed by atoms with Crippen LogP contribution in [-0.2, 0) is 19.5 Å². The number of amides is 1. The van der Waals surface area contributed by atoms with Gasteiger partial charge in [-0.2, -0.15) is 0 Å². The van der Waals surface area contributed by atoms with Crippen molar-refractivity contribution in [2.24, 2.45) is 0 Å². The van der Waals surface area contributed by atoms with E-state index in [0.29, 0.717) is 6.54 Å². The van der Waals surface area contributed by atoms with Crippen LogP contribution >= 0.6 is 0 Å². The lowest BCUT2D eigenvalue weighted by Gasteiger charge is -2.29. The molecule has 2 heterocycles. The number of hydrogen-bond donors (Lipinski definition) is 1. The van der Waals surface area contributed by atoms with Gasteiger partial charge in [-0.1, -0.05) is 30.3 Å². The van der Waals surface area contributed by atoms with Gasteiger partial charge in [-0.25, -0.2) is 0 Å². The third-order valence-electron chi connectivity index (χ3n) is 5.30. The van der Waals surface area contributed by atoms with Crippen LogP contribution in [0.4, 0.5) is 0 Å². The molecule has 1 N–H and O–H groups in total. The highest BCUT2D eigenvalue weighted by Crippen LogP contribution is 2.33. The maximum Gasteiger partial charge on any atom is 0.271 e. The Morgan fingerprint density at radius 3 is 2.67 bits per heavy atom. The van der Waals surface area contributed by atoms with Gasteiger partial charge in [-0.05, 0) is 49.3 Å². The highest BCUT2D eigenvalue weighted by Gasteiger charge is 2.30. The molecule has 1 aliphatic rings. The summed E-state index contributed by atoms with van der Waals surface area (Å²) in [5.41, 5.74) is 4.22. The van der Waals surface area contributed by atoms with Crippen LogP contribution in [0.3, 0.4) is 0 Å². The number of hydrogen-bond acceptors (Lipinski definition) is 3. The zero-order valence-electron chi connectivity index (χ0n) is 15.9. The maximum atomic E-state index is 13.4. The molecule has 2 aromatic carbocycles. The lowest BCUT2D eigenvalue weighted by molar-refractivity contribution is 0.0691. The number of nitrogens with one attached hydrogen (secondary N) is 1. The minimum atomic E-state index is 0.117. The van der Waals surface area contributed by atoms with Crippen LogP contribution < -0.4 is 10.1 Å². The molecule has 0 fully saturated rings. The van der Waals surface area contributed by atoms with Crippen LogP contribution in [0.5, 0.6) is 5.75 Å². The number of likely N-dealkylation sites (N-methyl/N-ethyl adjacent to an activating group) is 1. The zero-order valence-corrected chi connectivity index (χ0v) is 15.9. The van der Waals surface area contributed by atoms with Crippen LogP contribution in [-0.4, -0.2) is 42.6 Å². The predicted octanol–water partition coefficient (Wildman–Crippen LogP) is 3.07. The fourth-order valence-corrected chi connectivity index (χ4v) is 3.94. The molecule has 1 amide bonds. The quantitative estimate of drug-likeness (QED) is 0.732. The second-order valence-corrected chi connectivity index (χ2v) is 6.93. The molecule has 0 saturated heterocycles. The van der Waals surface area contributed by atoms with E-state index in [1.54, 1.807) is 7.11 Å². The number of carbonyl (C=O) groups excluding carboxylic acids is 1. The van der Waals surface area contributed by atoms with Crippen molar-refractivity contribution in [2.75, 3.05) is 27.2 Å². The molecule has 0 saturated carbocycles. The molecule has 3 aromatic rings. The normalized spacial score (nSPS) is 13.9. The van der Waals surface area contributed by atoms with Gasteiger partial charge in [0.2, 0.25) is 0 Å². The van der Waals surface area contributed by atoms with Gasteiger partial charge in [0, 0.05) is 30.5 Å². The minimum absolute atomic E-state index is 0.117. The van der Waals surface area contributed by atoms with E-state index >= 15 is 0 Å². The molecule has 4 rings (SSSR count). The largest absolute Gasteiger partial charge is 0.497 e. The maximum absolute atomic E-state index is 13.4. The standard InChI is InChI=1S/C22H25N3O2/c1-23-11-10-18-19-14-17(27-2)8-9-20(19)25-13-12-24(22(26)21(18)25)15-16-6-4-3-5-7-16/h3-9,14,23H,10-13,15H2,1-2H3. The first-order valence-corrected chi connectivity index (χ1v) is 9.40. The molecule has 27 heavy (non-hydrogen) atoms. The molecule has 0 atom stereocenters. The third kappa shape index (κ3) is 3.19. The highest BCUT2D eigenvalue weighted by atomic mass is 16.5. The number of rotatable bonds is 6. The Bertz CT molecular complexity index is 963. The zero-order chi connectivity index (χ0) is 18.8. The highest BCUT2D eigenvalue weighted by molar-refractivity contribution is 6.02. The van der Waals surface area contributed by atoms with Crippen molar-refractivity contribution in [1.29, 1.82) is 0 Å². The number of ether oxygens (including phenoxy) is 1.